The summed E-state index contributed by atoms with van der Waals surface area (Å²) < 4.78 is 0. The maximum Gasteiger partial charge on any atom is 0.145 e. The van der Waals surface area contributed by atoms with E-state index < -0.39 is 0 Å². The predicted molar refractivity (Wildman–Crippen MR) is 65.4 cm³/mol. The molecule has 0 saturated heterocycles. The van der Waals surface area contributed by atoms with Gasteiger partial charge in [0.15, 0.2) is 0 Å². The van der Waals surface area contributed by atoms with E-state index in [1.807, 2.05) is 13.8 Å². The van der Waals surface area contributed by atoms with Crippen molar-refractivity contribution in [3.05, 3.63) is 17.6 Å². The van der Waals surface area contributed by atoms with Crippen molar-refractivity contribution >= 4 is 5.82 Å². The van der Waals surface area contributed by atoms with Crippen LogP contribution in [0.15, 0.2) is 6.20 Å². The average Bonchev–Trinajstić information content (AvgIpc) is 2.27. The van der Waals surface area contributed by atoms with Crippen LogP contribution >= 0.6 is 0 Å². The van der Waals surface area contributed by atoms with Gasteiger partial charge in [-0.2, -0.15) is 0 Å². The Balaban J connectivity index is 2.05. The van der Waals surface area contributed by atoms with E-state index in [1.54, 1.807) is 6.20 Å². The van der Waals surface area contributed by atoms with Crippen LogP contribution in [0.2, 0.25) is 0 Å². The van der Waals surface area contributed by atoms with Gasteiger partial charge in [0.25, 0.3) is 0 Å². The molecule has 0 spiro atoms. The quantitative estimate of drug-likeness (QED) is 0.797. The first-order valence-corrected chi connectivity index (χ1v) is 5.99. The Morgan fingerprint density at radius 2 is 2.00 bits per heavy atom. The lowest BCUT2D eigenvalue weighted by molar-refractivity contribution is 0.403. The van der Waals surface area contributed by atoms with Crippen LogP contribution in [-0.2, 0) is 0 Å². The lowest BCUT2D eigenvalue weighted by atomic mass is 9.91. The molecule has 2 unspecified atom stereocenters. The summed E-state index contributed by atoms with van der Waals surface area (Å²) in [4.78, 5) is 8.78. The van der Waals surface area contributed by atoms with E-state index in [-0.39, 0.29) is 6.04 Å². The molecule has 4 nitrogen and oxygen atoms in total. The summed E-state index contributed by atoms with van der Waals surface area (Å²) in [5, 5.41) is 3.40. The number of nitrogens with zero attached hydrogens (tertiary/aromatic N) is 2. The monoisotopic (exact) mass is 220 g/mol. The Morgan fingerprint density at radius 1 is 1.25 bits per heavy atom. The van der Waals surface area contributed by atoms with E-state index in [1.165, 1.54) is 12.8 Å². The summed E-state index contributed by atoms with van der Waals surface area (Å²) in [6.45, 7) is 3.95. The van der Waals surface area contributed by atoms with E-state index in [0.29, 0.717) is 6.04 Å². The average molecular weight is 220 g/mol. The molecule has 0 bridgehead atoms. The zero-order valence-electron chi connectivity index (χ0n) is 10.0. The second-order valence-electron chi connectivity index (χ2n) is 4.63. The van der Waals surface area contributed by atoms with Crippen molar-refractivity contribution in [3.63, 3.8) is 0 Å². The van der Waals surface area contributed by atoms with Crippen LogP contribution in [0.4, 0.5) is 5.82 Å². The van der Waals surface area contributed by atoms with Crippen LogP contribution in [0.25, 0.3) is 0 Å². The van der Waals surface area contributed by atoms with Gasteiger partial charge in [-0.1, -0.05) is 12.8 Å². The van der Waals surface area contributed by atoms with Gasteiger partial charge >= 0.3 is 0 Å². The molecule has 2 atom stereocenters. The normalized spacial score (nSPS) is 25.4. The van der Waals surface area contributed by atoms with Crippen LogP contribution < -0.4 is 11.1 Å². The van der Waals surface area contributed by atoms with Gasteiger partial charge < -0.3 is 11.1 Å². The van der Waals surface area contributed by atoms with Crippen molar-refractivity contribution in [2.45, 2.75) is 51.6 Å². The van der Waals surface area contributed by atoms with Crippen molar-refractivity contribution in [1.82, 2.24) is 9.97 Å². The molecule has 0 radical (unpaired) electrons. The Bertz CT molecular complexity index is 364. The van der Waals surface area contributed by atoms with Crippen LogP contribution in [0.1, 0.15) is 37.1 Å². The Labute approximate surface area is 96.7 Å². The molecule has 1 fully saturated rings. The molecule has 2 rings (SSSR count). The summed E-state index contributed by atoms with van der Waals surface area (Å²) in [5.41, 5.74) is 8.05. The Kier molecular flexibility index (Phi) is 3.39. The summed E-state index contributed by atoms with van der Waals surface area (Å²) >= 11 is 0. The third kappa shape index (κ3) is 2.50. The highest BCUT2D eigenvalue weighted by molar-refractivity contribution is 5.35. The van der Waals surface area contributed by atoms with Crippen LogP contribution in [0, 0.1) is 13.8 Å². The smallest absolute Gasteiger partial charge is 0.145 e. The minimum atomic E-state index is 0.247. The number of aromatic nitrogens is 2. The molecule has 0 aromatic carbocycles. The fourth-order valence-corrected chi connectivity index (χ4v) is 2.14. The molecule has 1 aliphatic carbocycles. The van der Waals surface area contributed by atoms with Crippen molar-refractivity contribution in [2.75, 3.05) is 5.32 Å². The van der Waals surface area contributed by atoms with Gasteiger partial charge in [-0.25, -0.2) is 4.98 Å². The third-order valence-electron chi connectivity index (χ3n) is 3.34. The van der Waals surface area contributed by atoms with E-state index in [4.69, 9.17) is 5.73 Å². The fraction of sp³-hybridized carbons (Fsp3) is 0.667. The molecule has 3 N–H and O–H groups in total. The van der Waals surface area contributed by atoms with Gasteiger partial charge in [0.2, 0.25) is 0 Å². The second kappa shape index (κ2) is 4.78. The number of rotatable bonds is 2. The van der Waals surface area contributed by atoms with Crippen molar-refractivity contribution in [3.8, 4) is 0 Å². The summed E-state index contributed by atoms with van der Waals surface area (Å²) in [6.07, 6.45) is 6.54. The van der Waals surface area contributed by atoms with Gasteiger partial charge in [-0.05, 0) is 26.7 Å². The lowest BCUT2D eigenvalue weighted by Gasteiger charge is -2.29. The number of nitrogens with two attached hydrogens (primary N) is 1. The third-order valence-corrected chi connectivity index (χ3v) is 3.34. The first kappa shape index (κ1) is 11.3. The SMILES string of the molecule is Cc1ncc(NC2CCCCC2N)nc1C. The first-order chi connectivity index (χ1) is 7.66. The van der Waals surface area contributed by atoms with E-state index in [2.05, 4.69) is 15.3 Å². The van der Waals surface area contributed by atoms with Crippen molar-refractivity contribution < 1.29 is 0 Å². The molecule has 0 amide bonds. The van der Waals surface area contributed by atoms with E-state index in [9.17, 15) is 0 Å². The highest BCUT2D eigenvalue weighted by Crippen LogP contribution is 2.20. The van der Waals surface area contributed by atoms with Crippen LogP contribution in [-0.4, -0.2) is 22.1 Å². The minimum absolute atomic E-state index is 0.247. The summed E-state index contributed by atoms with van der Waals surface area (Å²) in [7, 11) is 0. The van der Waals surface area contributed by atoms with Gasteiger partial charge in [0.1, 0.15) is 5.82 Å². The number of hydrogen-bond acceptors (Lipinski definition) is 4. The Hall–Kier alpha value is -1.16. The van der Waals surface area contributed by atoms with Crippen LogP contribution in [0.5, 0.6) is 0 Å². The zero-order valence-corrected chi connectivity index (χ0v) is 10.0. The molecule has 4 heteroatoms. The number of hydrogen-bond donors (Lipinski definition) is 2. The second-order valence-corrected chi connectivity index (χ2v) is 4.63. The molecule has 88 valence electrons. The lowest BCUT2D eigenvalue weighted by Crippen LogP contribution is -2.42. The van der Waals surface area contributed by atoms with Crippen molar-refractivity contribution in [1.29, 1.82) is 0 Å². The highest BCUT2D eigenvalue weighted by atomic mass is 15.1. The number of aryl methyl sites for hydroxylation is 2. The molecule has 1 aromatic heterocycles. The maximum absolute atomic E-state index is 6.08. The standard InChI is InChI=1S/C12H20N4/c1-8-9(2)15-12(7-14-8)16-11-6-4-3-5-10(11)13/h7,10-11H,3-6,13H2,1-2H3,(H,15,16). The van der Waals surface area contributed by atoms with Gasteiger partial charge in [0.05, 0.1) is 17.6 Å². The molecule has 16 heavy (non-hydrogen) atoms. The molecule has 1 aliphatic rings. The van der Waals surface area contributed by atoms with Gasteiger partial charge in [-0.3, -0.25) is 4.98 Å². The first-order valence-electron chi connectivity index (χ1n) is 5.99. The van der Waals surface area contributed by atoms with Gasteiger partial charge in [-0.15, -0.1) is 0 Å². The highest BCUT2D eigenvalue weighted by Gasteiger charge is 2.21. The van der Waals surface area contributed by atoms with E-state index in [0.717, 1.165) is 30.0 Å². The fourth-order valence-electron chi connectivity index (χ4n) is 2.14. The molecule has 1 heterocycles. The topological polar surface area (TPSA) is 63.8 Å². The summed E-state index contributed by atoms with van der Waals surface area (Å²) in [5.74, 6) is 0.852. The molecular weight excluding hydrogens is 200 g/mol. The summed E-state index contributed by atoms with van der Waals surface area (Å²) in [6, 6.07) is 0.599. The largest absolute Gasteiger partial charge is 0.364 e. The molecular formula is C12H20N4. The van der Waals surface area contributed by atoms with Crippen molar-refractivity contribution in [2.24, 2.45) is 5.73 Å². The predicted octanol–water partition coefficient (Wildman–Crippen LogP) is 1.78. The van der Waals surface area contributed by atoms with Crippen LogP contribution in [0.3, 0.4) is 0 Å². The zero-order chi connectivity index (χ0) is 11.5. The molecule has 1 saturated carbocycles. The number of anilines is 1. The number of nitrogens with one attached hydrogen (secondary N) is 1. The van der Waals surface area contributed by atoms with Gasteiger partial charge in [0, 0.05) is 12.1 Å². The maximum atomic E-state index is 6.08. The van der Waals surface area contributed by atoms with E-state index >= 15 is 0 Å². The Morgan fingerprint density at radius 3 is 2.69 bits per heavy atom. The molecule has 0 aliphatic heterocycles. The minimum Gasteiger partial charge on any atom is -0.364 e. The molecule has 1 aromatic rings.